The van der Waals surface area contributed by atoms with Crippen LogP contribution in [0, 0.1) is 0 Å². The fourth-order valence-electron chi connectivity index (χ4n) is 2.01. The highest BCUT2D eigenvalue weighted by Crippen LogP contribution is 2.40. The van der Waals surface area contributed by atoms with E-state index in [9.17, 15) is 0 Å². The Hall–Kier alpha value is -2.07. The Bertz CT molecular complexity index is 557. The lowest BCUT2D eigenvalue weighted by atomic mass is 10.2. The molecule has 1 aliphatic heterocycles. The Morgan fingerprint density at radius 3 is 2.72 bits per heavy atom. The van der Waals surface area contributed by atoms with Gasteiger partial charge in [0.15, 0.2) is 23.4 Å². The summed E-state index contributed by atoms with van der Waals surface area (Å²) in [5.41, 5.74) is 0.822. The van der Waals surface area contributed by atoms with Gasteiger partial charge in [-0.3, -0.25) is 4.98 Å². The van der Waals surface area contributed by atoms with Crippen LogP contribution in [-0.4, -0.2) is 18.6 Å². The number of benzene rings is 1. The molecule has 0 amide bonds. The number of likely N-dealkylation sites (N-methyl/N-ethyl adjacent to an activating group) is 1. The number of nitrogens with one attached hydrogen (secondary N) is 1. The fourth-order valence-corrected chi connectivity index (χ4v) is 2.01. The maximum Gasteiger partial charge on any atom is 0.169 e. The molecule has 0 unspecified atom stereocenters. The Morgan fingerprint density at radius 1 is 1.11 bits per heavy atom. The van der Waals surface area contributed by atoms with Gasteiger partial charge < -0.3 is 14.8 Å². The number of nitrogens with zero attached hydrogens (tertiary/aromatic N) is 1. The summed E-state index contributed by atoms with van der Waals surface area (Å²) in [5.74, 6) is 2.23. The summed E-state index contributed by atoms with van der Waals surface area (Å²) in [6.07, 6.45) is 1.61. The average Bonchev–Trinajstić information content (AvgIpc) is 2.56. The van der Waals surface area contributed by atoms with Crippen LogP contribution in [0.1, 0.15) is 11.8 Å². The predicted molar refractivity (Wildman–Crippen MR) is 68.0 cm³/mol. The molecular formula is C14H14N2O2. The Kier molecular flexibility index (Phi) is 2.86. The lowest BCUT2D eigenvalue weighted by molar-refractivity contribution is 0.202. The van der Waals surface area contributed by atoms with Gasteiger partial charge in [-0.05, 0) is 31.3 Å². The minimum absolute atomic E-state index is 0.144. The van der Waals surface area contributed by atoms with E-state index in [0.717, 1.165) is 22.9 Å². The maximum atomic E-state index is 5.97. The Labute approximate surface area is 106 Å². The summed E-state index contributed by atoms with van der Waals surface area (Å²) < 4.78 is 11.8. The molecule has 0 saturated carbocycles. The summed E-state index contributed by atoms with van der Waals surface area (Å²) in [7, 11) is 1.89. The highest BCUT2D eigenvalue weighted by Gasteiger charge is 2.24. The van der Waals surface area contributed by atoms with Gasteiger partial charge in [-0.2, -0.15) is 0 Å². The molecule has 0 radical (unpaired) electrons. The predicted octanol–water partition coefficient (Wildman–Crippen LogP) is 2.53. The highest BCUT2D eigenvalue weighted by atomic mass is 16.5. The van der Waals surface area contributed by atoms with E-state index in [4.69, 9.17) is 9.47 Å². The van der Waals surface area contributed by atoms with Crippen molar-refractivity contribution < 1.29 is 9.47 Å². The molecule has 0 spiro atoms. The second-order valence-electron chi connectivity index (χ2n) is 4.10. The fraction of sp³-hybridized carbons (Fsp3) is 0.214. The molecule has 0 fully saturated rings. The molecule has 4 nitrogen and oxygen atoms in total. The first-order valence-electron chi connectivity index (χ1n) is 5.91. The van der Waals surface area contributed by atoms with Gasteiger partial charge in [-0.25, -0.2) is 0 Å². The number of ether oxygens (including phenoxy) is 2. The molecule has 0 aliphatic carbocycles. The number of hydrogen-bond donors (Lipinski definition) is 1. The number of fused-ring (bicyclic) bond motifs is 2. The van der Waals surface area contributed by atoms with E-state index in [1.807, 2.05) is 43.4 Å². The standard InChI is InChI=1S/C14H14N2O2/c1-15-9-13-14-12(7-4-8-16-14)17-10-5-2-3-6-11(10)18-13/h2-8,13,15H,9H2,1H3/t13-/m1/s1. The van der Waals surface area contributed by atoms with Crippen LogP contribution in [0.4, 0.5) is 0 Å². The van der Waals surface area contributed by atoms with Crippen LogP contribution in [0.5, 0.6) is 17.2 Å². The zero-order chi connectivity index (χ0) is 12.4. The summed E-state index contributed by atoms with van der Waals surface area (Å²) >= 11 is 0. The lowest BCUT2D eigenvalue weighted by Gasteiger charge is -2.16. The zero-order valence-electron chi connectivity index (χ0n) is 10.1. The van der Waals surface area contributed by atoms with Crippen molar-refractivity contribution in [1.82, 2.24) is 10.3 Å². The summed E-state index contributed by atoms with van der Waals surface area (Å²) in [4.78, 5) is 4.37. The number of hydrogen-bond acceptors (Lipinski definition) is 4. The van der Waals surface area contributed by atoms with Gasteiger partial charge in [0.25, 0.3) is 0 Å². The van der Waals surface area contributed by atoms with E-state index in [0.29, 0.717) is 6.54 Å². The van der Waals surface area contributed by atoms with E-state index in [2.05, 4.69) is 10.3 Å². The number of pyridine rings is 1. The smallest absolute Gasteiger partial charge is 0.169 e. The van der Waals surface area contributed by atoms with Gasteiger partial charge in [0, 0.05) is 12.7 Å². The third kappa shape index (κ3) is 1.91. The number of aromatic nitrogens is 1. The molecule has 0 bridgehead atoms. The van der Waals surface area contributed by atoms with Gasteiger partial charge in [-0.15, -0.1) is 0 Å². The first kappa shape index (κ1) is 11.0. The van der Waals surface area contributed by atoms with Crippen LogP contribution >= 0.6 is 0 Å². The summed E-state index contributed by atoms with van der Waals surface area (Å²) in [6, 6.07) is 11.4. The van der Waals surface area contributed by atoms with Gasteiger partial charge in [-0.1, -0.05) is 12.1 Å². The van der Waals surface area contributed by atoms with Crippen molar-refractivity contribution in [2.45, 2.75) is 6.10 Å². The van der Waals surface area contributed by atoms with Crippen molar-refractivity contribution in [2.75, 3.05) is 13.6 Å². The number of rotatable bonds is 2. The molecular weight excluding hydrogens is 228 g/mol. The van der Waals surface area contributed by atoms with Crippen molar-refractivity contribution >= 4 is 0 Å². The van der Waals surface area contributed by atoms with Gasteiger partial charge in [0.05, 0.1) is 0 Å². The van der Waals surface area contributed by atoms with E-state index < -0.39 is 0 Å². The summed E-state index contributed by atoms with van der Waals surface area (Å²) in [6.45, 7) is 0.682. The lowest BCUT2D eigenvalue weighted by Crippen LogP contribution is -2.22. The van der Waals surface area contributed by atoms with Crippen LogP contribution in [0.15, 0.2) is 42.6 Å². The topological polar surface area (TPSA) is 43.4 Å². The first-order chi connectivity index (χ1) is 8.88. The van der Waals surface area contributed by atoms with Gasteiger partial charge >= 0.3 is 0 Å². The average molecular weight is 242 g/mol. The van der Waals surface area contributed by atoms with Crippen molar-refractivity contribution in [2.24, 2.45) is 0 Å². The SMILES string of the molecule is CNC[C@H]1Oc2ccccc2Oc2cccnc21. The van der Waals surface area contributed by atoms with E-state index in [1.54, 1.807) is 6.20 Å². The third-order valence-corrected chi connectivity index (χ3v) is 2.83. The van der Waals surface area contributed by atoms with Crippen molar-refractivity contribution in [3.8, 4) is 17.2 Å². The van der Waals surface area contributed by atoms with Crippen molar-refractivity contribution in [3.05, 3.63) is 48.3 Å². The van der Waals surface area contributed by atoms with Crippen LogP contribution in [-0.2, 0) is 0 Å². The van der Waals surface area contributed by atoms with E-state index in [1.165, 1.54) is 0 Å². The van der Waals surface area contributed by atoms with Crippen molar-refractivity contribution in [1.29, 1.82) is 0 Å². The second kappa shape index (κ2) is 4.66. The molecule has 92 valence electrons. The number of para-hydroxylation sites is 2. The molecule has 1 aliphatic rings. The largest absolute Gasteiger partial charge is 0.479 e. The molecule has 2 aromatic rings. The zero-order valence-corrected chi connectivity index (χ0v) is 10.1. The van der Waals surface area contributed by atoms with Crippen LogP contribution in [0.2, 0.25) is 0 Å². The highest BCUT2D eigenvalue weighted by molar-refractivity contribution is 5.46. The van der Waals surface area contributed by atoms with Crippen LogP contribution in [0.25, 0.3) is 0 Å². The Balaban J connectivity index is 2.08. The molecule has 1 atom stereocenters. The molecule has 0 saturated heterocycles. The van der Waals surface area contributed by atoms with Gasteiger partial charge in [0.2, 0.25) is 0 Å². The molecule has 2 heterocycles. The van der Waals surface area contributed by atoms with Crippen LogP contribution in [0.3, 0.4) is 0 Å². The normalized spacial score (nSPS) is 16.8. The molecule has 1 aromatic carbocycles. The third-order valence-electron chi connectivity index (χ3n) is 2.83. The van der Waals surface area contributed by atoms with Gasteiger partial charge in [0.1, 0.15) is 5.69 Å². The molecule has 4 heteroatoms. The maximum absolute atomic E-state index is 5.97. The summed E-state index contributed by atoms with van der Waals surface area (Å²) in [5, 5.41) is 3.12. The van der Waals surface area contributed by atoms with E-state index >= 15 is 0 Å². The molecule has 1 aromatic heterocycles. The van der Waals surface area contributed by atoms with E-state index in [-0.39, 0.29) is 6.10 Å². The Morgan fingerprint density at radius 2 is 1.89 bits per heavy atom. The minimum atomic E-state index is -0.144. The quantitative estimate of drug-likeness (QED) is 0.878. The monoisotopic (exact) mass is 242 g/mol. The minimum Gasteiger partial charge on any atom is -0.479 e. The van der Waals surface area contributed by atoms with Crippen LogP contribution < -0.4 is 14.8 Å². The molecule has 1 N–H and O–H groups in total. The molecule has 3 rings (SSSR count). The first-order valence-corrected chi connectivity index (χ1v) is 5.91. The second-order valence-corrected chi connectivity index (χ2v) is 4.10. The van der Waals surface area contributed by atoms with Crippen molar-refractivity contribution in [3.63, 3.8) is 0 Å². The molecule has 18 heavy (non-hydrogen) atoms.